The molecule has 0 fully saturated rings. The van der Waals surface area contributed by atoms with Gasteiger partial charge in [0.2, 0.25) is 0 Å². The molecule has 1 aromatic carbocycles. The van der Waals surface area contributed by atoms with Crippen molar-refractivity contribution >= 4 is 16.5 Å². The maximum Gasteiger partial charge on any atom is 0.0982 e. The average Bonchev–Trinajstić information content (AvgIpc) is 2.63. The summed E-state index contributed by atoms with van der Waals surface area (Å²) in [6.45, 7) is 1.29. The number of likely N-dealkylation sites (N-methyl/N-ethyl adjacent to an activating group) is 1. The molecule has 0 saturated heterocycles. The molecule has 1 aliphatic heterocycles. The predicted octanol–water partition coefficient (Wildman–Crippen LogP) is 1.20. The van der Waals surface area contributed by atoms with Crippen molar-refractivity contribution < 1.29 is 4.21 Å². The number of fused-ring (bicyclic) bond motifs is 1. The Kier molecular flexibility index (Phi) is 4.00. The Morgan fingerprint density at radius 3 is 3.06 bits per heavy atom. The highest BCUT2D eigenvalue weighted by molar-refractivity contribution is 7.85. The van der Waals surface area contributed by atoms with E-state index in [1.165, 1.54) is 5.56 Å². The summed E-state index contributed by atoms with van der Waals surface area (Å²) in [5, 5.41) is 8.59. The van der Waals surface area contributed by atoms with E-state index in [0.717, 1.165) is 23.5 Å². The lowest BCUT2D eigenvalue weighted by molar-refractivity contribution is 0.379. The largest absolute Gasteiger partial charge is 0.361 e. The van der Waals surface area contributed by atoms with Crippen LogP contribution in [0.4, 0.5) is 5.69 Å². The Hall–Kier alpha value is -1.38. The minimum absolute atomic E-state index is 0.444. The minimum Gasteiger partial charge on any atom is -0.361 e. The van der Waals surface area contributed by atoms with E-state index < -0.39 is 10.8 Å². The molecule has 1 atom stereocenters. The van der Waals surface area contributed by atoms with E-state index in [0.29, 0.717) is 12.4 Å². The monoisotopic (exact) mass is 263 g/mol. The molecule has 96 valence electrons. The van der Waals surface area contributed by atoms with Crippen molar-refractivity contribution in [2.75, 3.05) is 38.0 Å². The highest BCUT2D eigenvalue weighted by Gasteiger charge is 2.22. The molecule has 4 nitrogen and oxygen atoms in total. The highest BCUT2D eigenvalue weighted by Crippen LogP contribution is 2.30. The molecule has 1 aliphatic rings. The maximum atomic E-state index is 11.9. The van der Waals surface area contributed by atoms with Crippen LogP contribution < -0.4 is 4.90 Å². The number of hydrogen-bond donors (Lipinski definition) is 0. The van der Waals surface area contributed by atoms with Gasteiger partial charge >= 0.3 is 0 Å². The number of nitrogens with zero attached hydrogens (tertiary/aromatic N) is 3. The number of benzene rings is 1. The van der Waals surface area contributed by atoms with Crippen LogP contribution in [0.2, 0.25) is 0 Å². The van der Waals surface area contributed by atoms with Gasteiger partial charge in [0.1, 0.15) is 0 Å². The van der Waals surface area contributed by atoms with Crippen molar-refractivity contribution in [3.8, 4) is 6.07 Å². The van der Waals surface area contributed by atoms with Gasteiger partial charge in [0, 0.05) is 13.6 Å². The van der Waals surface area contributed by atoms with E-state index in [-0.39, 0.29) is 0 Å². The van der Waals surface area contributed by atoms with Crippen LogP contribution in [-0.4, -0.2) is 42.2 Å². The van der Waals surface area contributed by atoms with Crippen molar-refractivity contribution in [3.63, 3.8) is 0 Å². The summed E-state index contributed by atoms with van der Waals surface area (Å²) in [5.74, 6) is 0.590. The van der Waals surface area contributed by atoms with Gasteiger partial charge < -0.3 is 4.90 Å². The van der Waals surface area contributed by atoms with Crippen LogP contribution in [0.25, 0.3) is 0 Å². The molecule has 1 unspecified atom stereocenters. The van der Waals surface area contributed by atoms with Gasteiger partial charge in [-0.3, -0.25) is 9.11 Å². The molecule has 18 heavy (non-hydrogen) atoms. The first kappa shape index (κ1) is 13.1. The van der Waals surface area contributed by atoms with Gasteiger partial charge in [-0.25, -0.2) is 0 Å². The van der Waals surface area contributed by atoms with Crippen LogP contribution in [0.15, 0.2) is 23.1 Å². The smallest absolute Gasteiger partial charge is 0.0982 e. The second-order valence-corrected chi connectivity index (χ2v) is 6.01. The Morgan fingerprint density at radius 2 is 2.33 bits per heavy atom. The summed E-state index contributed by atoms with van der Waals surface area (Å²) in [6, 6.07) is 8.29. The molecule has 0 spiro atoms. The standard InChI is InChI=1S/C13H17N3OS/c1-15(8-6-14)7-5-11-3-4-12-13(9-11)18(17)10-16(12)2/h3-4,9H,5,7-8,10H2,1-2H3. The van der Waals surface area contributed by atoms with Crippen LogP contribution >= 0.6 is 0 Å². The first-order valence-corrected chi connectivity index (χ1v) is 7.21. The van der Waals surface area contributed by atoms with Gasteiger partial charge in [0.05, 0.1) is 39.9 Å². The average molecular weight is 263 g/mol. The zero-order valence-corrected chi connectivity index (χ0v) is 11.5. The van der Waals surface area contributed by atoms with Gasteiger partial charge in [-0.15, -0.1) is 0 Å². The van der Waals surface area contributed by atoms with Gasteiger partial charge in [-0.1, -0.05) is 6.07 Å². The maximum absolute atomic E-state index is 11.9. The summed E-state index contributed by atoms with van der Waals surface area (Å²) >= 11 is 0. The second kappa shape index (κ2) is 5.51. The SMILES string of the molecule is CN(CC#N)CCc1ccc2c(c1)S(=O)CN2C. The third kappa shape index (κ3) is 2.71. The quantitative estimate of drug-likeness (QED) is 0.766. The van der Waals surface area contributed by atoms with E-state index >= 15 is 0 Å². The first-order chi connectivity index (χ1) is 8.61. The van der Waals surface area contributed by atoms with E-state index in [1.807, 2.05) is 36.0 Å². The van der Waals surface area contributed by atoms with E-state index in [1.54, 1.807) is 0 Å². The van der Waals surface area contributed by atoms with E-state index in [9.17, 15) is 4.21 Å². The zero-order valence-electron chi connectivity index (χ0n) is 10.7. The normalized spacial score (nSPS) is 17.9. The molecule has 0 bridgehead atoms. The van der Waals surface area contributed by atoms with E-state index in [2.05, 4.69) is 12.1 Å². The lowest BCUT2D eigenvalue weighted by atomic mass is 10.1. The Bertz CT molecular complexity index is 509. The van der Waals surface area contributed by atoms with Gasteiger partial charge in [-0.2, -0.15) is 5.26 Å². The van der Waals surface area contributed by atoms with E-state index in [4.69, 9.17) is 5.26 Å². The van der Waals surface area contributed by atoms with Crippen molar-refractivity contribution in [2.24, 2.45) is 0 Å². The molecule has 0 N–H and O–H groups in total. The summed E-state index contributed by atoms with van der Waals surface area (Å²) < 4.78 is 11.9. The van der Waals surface area contributed by atoms with Crippen molar-refractivity contribution in [1.29, 1.82) is 5.26 Å². The molecule has 1 aromatic rings. The van der Waals surface area contributed by atoms with Crippen LogP contribution in [0, 0.1) is 11.3 Å². The fourth-order valence-electron chi connectivity index (χ4n) is 2.05. The molecule has 0 amide bonds. The molecule has 0 saturated carbocycles. The molecule has 5 heteroatoms. The highest BCUT2D eigenvalue weighted by atomic mass is 32.2. The van der Waals surface area contributed by atoms with Crippen LogP contribution in [0.5, 0.6) is 0 Å². The lowest BCUT2D eigenvalue weighted by Crippen LogP contribution is -2.21. The third-order valence-electron chi connectivity index (χ3n) is 3.11. The Labute approximate surface area is 110 Å². The molecule has 0 aliphatic carbocycles. The fourth-order valence-corrected chi connectivity index (χ4v) is 3.42. The van der Waals surface area contributed by atoms with Crippen LogP contribution in [-0.2, 0) is 17.2 Å². The first-order valence-electron chi connectivity index (χ1n) is 5.89. The Balaban J connectivity index is 2.06. The lowest BCUT2D eigenvalue weighted by Gasteiger charge is -2.13. The molecule has 2 rings (SSSR count). The van der Waals surface area contributed by atoms with Crippen molar-refractivity contribution in [1.82, 2.24) is 4.90 Å². The molecular formula is C13H17N3OS. The Morgan fingerprint density at radius 1 is 1.56 bits per heavy atom. The molecule has 1 heterocycles. The summed E-state index contributed by atoms with van der Waals surface area (Å²) in [5.41, 5.74) is 2.25. The fraction of sp³-hybridized carbons (Fsp3) is 0.462. The third-order valence-corrected chi connectivity index (χ3v) is 4.55. The number of anilines is 1. The van der Waals surface area contributed by atoms with Crippen molar-refractivity contribution in [3.05, 3.63) is 23.8 Å². The molecular weight excluding hydrogens is 246 g/mol. The summed E-state index contributed by atoms with van der Waals surface area (Å²) in [7, 11) is 3.00. The minimum atomic E-state index is -0.896. The molecule has 0 radical (unpaired) electrons. The topological polar surface area (TPSA) is 47.3 Å². The predicted molar refractivity (Wildman–Crippen MR) is 72.9 cm³/mol. The van der Waals surface area contributed by atoms with Gasteiger partial charge in [-0.05, 0) is 31.2 Å². The summed E-state index contributed by atoms with van der Waals surface area (Å²) in [4.78, 5) is 4.95. The van der Waals surface area contributed by atoms with Gasteiger partial charge in [0.15, 0.2) is 0 Å². The van der Waals surface area contributed by atoms with Gasteiger partial charge in [0.25, 0.3) is 0 Å². The number of hydrogen-bond acceptors (Lipinski definition) is 4. The second-order valence-electron chi connectivity index (χ2n) is 4.62. The zero-order chi connectivity index (χ0) is 13.1. The number of nitriles is 1. The number of rotatable bonds is 4. The van der Waals surface area contributed by atoms with Crippen LogP contribution in [0.3, 0.4) is 0 Å². The van der Waals surface area contributed by atoms with Crippen molar-refractivity contribution in [2.45, 2.75) is 11.3 Å². The van der Waals surface area contributed by atoms with Crippen LogP contribution in [0.1, 0.15) is 5.56 Å². The summed E-state index contributed by atoms with van der Waals surface area (Å²) in [6.07, 6.45) is 0.881. The molecule has 0 aromatic heterocycles.